The molecule has 0 heterocycles. The van der Waals surface area contributed by atoms with Gasteiger partial charge >= 0.3 is 110 Å². The Morgan fingerprint density at radius 2 is 1.82 bits per heavy atom. The summed E-state index contributed by atoms with van der Waals surface area (Å²) in [5.74, 6) is 3.26. The molecule has 0 saturated heterocycles. The summed E-state index contributed by atoms with van der Waals surface area (Å²) in [6.45, 7) is 8.72. The molecule has 0 N–H and O–H groups in total. The second-order valence-electron chi connectivity index (χ2n) is 5.03. The standard InChI is InChI=1S/C14H20OSeSi/c1-5-13(11-12-17(2,3)4)16(15)14-9-7-6-8-10-14/h6-10,13H,5H2,1-4H3. The van der Waals surface area contributed by atoms with Crippen LogP contribution in [0.3, 0.4) is 0 Å². The molecule has 0 bridgehead atoms. The third-order valence-electron chi connectivity index (χ3n) is 2.21. The van der Waals surface area contributed by atoms with Crippen molar-refractivity contribution in [2.75, 3.05) is 0 Å². The van der Waals surface area contributed by atoms with Gasteiger partial charge in [0.15, 0.2) is 0 Å². The van der Waals surface area contributed by atoms with Crippen molar-refractivity contribution in [3.05, 3.63) is 30.3 Å². The Balaban J connectivity index is 2.89. The topological polar surface area (TPSA) is 17.1 Å². The van der Waals surface area contributed by atoms with Crippen LogP contribution in [0.15, 0.2) is 30.3 Å². The first kappa shape index (κ1) is 14.4. The molecule has 2 atom stereocenters. The van der Waals surface area contributed by atoms with E-state index in [1.165, 1.54) is 0 Å². The molecule has 17 heavy (non-hydrogen) atoms. The fourth-order valence-corrected chi connectivity index (χ4v) is 4.73. The van der Waals surface area contributed by atoms with E-state index in [9.17, 15) is 3.83 Å². The zero-order chi connectivity index (χ0) is 12.9. The van der Waals surface area contributed by atoms with Crippen LogP contribution >= 0.6 is 0 Å². The zero-order valence-electron chi connectivity index (χ0n) is 11.0. The van der Waals surface area contributed by atoms with Gasteiger partial charge in [-0.05, 0) is 0 Å². The van der Waals surface area contributed by atoms with Gasteiger partial charge < -0.3 is 0 Å². The molecule has 0 aromatic heterocycles. The predicted molar refractivity (Wildman–Crippen MR) is 77.7 cm³/mol. The van der Waals surface area contributed by atoms with Crippen molar-refractivity contribution in [3.8, 4) is 11.5 Å². The van der Waals surface area contributed by atoms with E-state index in [1.807, 2.05) is 30.3 Å². The fraction of sp³-hybridized carbons (Fsp3) is 0.429. The average molecular weight is 311 g/mol. The molecule has 1 aromatic rings. The second-order valence-corrected chi connectivity index (χ2v) is 13.2. The minimum atomic E-state index is -2.02. The van der Waals surface area contributed by atoms with Gasteiger partial charge in [-0.1, -0.05) is 0 Å². The van der Waals surface area contributed by atoms with Crippen LogP contribution in [0.25, 0.3) is 0 Å². The van der Waals surface area contributed by atoms with E-state index >= 15 is 0 Å². The van der Waals surface area contributed by atoms with E-state index in [0.29, 0.717) is 0 Å². The summed E-state index contributed by atoms with van der Waals surface area (Å²) < 4.78 is 13.4. The summed E-state index contributed by atoms with van der Waals surface area (Å²) in [6, 6.07) is 9.76. The molecule has 92 valence electrons. The maximum absolute atomic E-state index is 12.4. The molecule has 0 saturated carbocycles. The van der Waals surface area contributed by atoms with Crippen molar-refractivity contribution in [2.24, 2.45) is 0 Å². The van der Waals surface area contributed by atoms with Gasteiger partial charge in [0.1, 0.15) is 0 Å². The Kier molecular flexibility index (Phi) is 5.33. The number of hydrogen-bond donors (Lipinski definition) is 0. The Bertz CT molecular complexity index is 437. The van der Waals surface area contributed by atoms with Crippen LogP contribution in [0.1, 0.15) is 13.3 Å². The van der Waals surface area contributed by atoms with Crippen LogP contribution in [0.4, 0.5) is 0 Å². The summed E-state index contributed by atoms with van der Waals surface area (Å²) in [4.78, 5) is 0.0594. The third kappa shape index (κ3) is 5.00. The van der Waals surface area contributed by atoms with Crippen LogP contribution in [0.2, 0.25) is 24.5 Å². The van der Waals surface area contributed by atoms with Gasteiger partial charge in [-0.3, -0.25) is 0 Å². The molecule has 1 rings (SSSR count). The Morgan fingerprint density at radius 3 is 2.29 bits per heavy atom. The monoisotopic (exact) mass is 312 g/mol. The molecule has 0 fully saturated rings. The number of hydrogen-bond acceptors (Lipinski definition) is 1. The Labute approximate surface area is 110 Å². The van der Waals surface area contributed by atoms with Gasteiger partial charge in [0.25, 0.3) is 0 Å². The van der Waals surface area contributed by atoms with Crippen molar-refractivity contribution >= 4 is 26.4 Å². The fourth-order valence-electron chi connectivity index (χ4n) is 1.32. The third-order valence-corrected chi connectivity index (χ3v) is 6.68. The van der Waals surface area contributed by atoms with Gasteiger partial charge in [-0.25, -0.2) is 0 Å². The van der Waals surface area contributed by atoms with Gasteiger partial charge in [-0.2, -0.15) is 0 Å². The number of benzene rings is 1. The van der Waals surface area contributed by atoms with Gasteiger partial charge in [0, 0.05) is 0 Å². The van der Waals surface area contributed by atoms with E-state index in [-0.39, 0.29) is 4.82 Å². The molecule has 0 amide bonds. The molecule has 0 aliphatic heterocycles. The molecular weight excluding hydrogens is 291 g/mol. The molecule has 0 radical (unpaired) electrons. The van der Waals surface area contributed by atoms with Crippen molar-refractivity contribution in [3.63, 3.8) is 0 Å². The summed E-state index contributed by atoms with van der Waals surface area (Å²) in [6.07, 6.45) is 0.876. The molecule has 0 spiro atoms. The minimum absolute atomic E-state index is 0.0594. The molecule has 1 aromatic carbocycles. The predicted octanol–water partition coefficient (Wildman–Crippen LogP) is 2.98. The van der Waals surface area contributed by atoms with Crippen LogP contribution < -0.4 is 4.46 Å². The van der Waals surface area contributed by atoms with Crippen LogP contribution in [0.5, 0.6) is 0 Å². The van der Waals surface area contributed by atoms with E-state index in [0.717, 1.165) is 10.9 Å². The van der Waals surface area contributed by atoms with Gasteiger partial charge in [-0.15, -0.1) is 0 Å². The van der Waals surface area contributed by atoms with Crippen LogP contribution in [-0.4, -0.2) is 21.9 Å². The molecular formula is C14H20OSeSi. The molecule has 1 nitrogen and oxygen atoms in total. The first-order valence-electron chi connectivity index (χ1n) is 5.92. The molecule has 2 unspecified atom stereocenters. The van der Waals surface area contributed by atoms with Crippen molar-refractivity contribution < 1.29 is 3.83 Å². The van der Waals surface area contributed by atoms with Crippen molar-refractivity contribution in [1.82, 2.24) is 0 Å². The average Bonchev–Trinajstić information content (AvgIpc) is 2.29. The van der Waals surface area contributed by atoms with E-state index in [1.54, 1.807) is 0 Å². The second kappa shape index (κ2) is 6.30. The molecule has 0 aliphatic rings. The quantitative estimate of drug-likeness (QED) is 0.619. The van der Waals surface area contributed by atoms with E-state index in [2.05, 4.69) is 38.0 Å². The molecule has 0 aliphatic carbocycles. The Morgan fingerprint density at radius 1 is 1.24 bits per heavy atom. The first-order chi connectivity index (χ1) is 7.94. The zero-order valence-corrected chi connectivity index (χ0v) is 13.7. The summed E-state index contributed by atoms with van der Waals surface area (Å²) >= 11 is -2.02. The first-order valence-corrected chi connectivity index (χ1v) is 12.0. The van der Waals surface area contributed by atoms with Crippen LogP contribution in [-0.2, 0) is 3.83 Å². The normalized spacial score (nSPS) is 14.6. The van der Waals surface area contributed by atoms with Crippen LogP contribution in [0, 0.1) is 11.5 Å². The SMILES string of the molecule is CCC(C#C[Si](C)(C)C)[Se](=O)c1ccccc1. The van der Waals surface area contributed by atoms with Gasteiger partial charge in [0.2, 0.25) is 0 Å². The van der Waals surface area contributed by atoms with Gasteiger partial charge in [0.05, 0.1) is 0 Å². The summed E-state index contributed by atoms with van der Waals surface area (Å²) in [7, 11) is -1.36. The molecule has 3 heteroatoms. The van der Waals surface area contributed by atoms with E-state index in [4.69, 9.17) is 0 Å². The van der Waals surface area contributed by atoms with Crippen molar-refractivity contribution in [2.45, 2.75) is 37.8 Å². The summed E-state index contributed by atoms with van der Waals surface area (Å²) in [5.41, 5.74) is 3.34. The maximum atomic E-state index is 12.4. The van der Waals surface area contributed by atoms with E-state index < -0.39 is 21.9 Å². The number of rotatable bonds is 3. The Hall–Kier alpha value is -0.684. The summed E-state index contributed by atoms with van der Waals surface area (Å²) in [5, 5.41) is 0. The van der Waals surface area contributed by atoms with Crippen molar-refractivity contribution in [1.29, 1.82) is 0 Å².